The Morgan fingerprint density at radius 2 is 1.11 bits per heavy atom. The lowest BCUT2D eigenvalue weighted by Gasteiger charge is -2.12. The fourth-order valence-corrected chi connectivity index (χ4v) is 7.01. The number of rotatable bonds is 4. The van der Waals surface area contributed by atoms with Crippen molar-refractivity contribution in [1.82, 2.24) is 9.55 Å². The van der Waals surface area contributed by atoms with Crippen LogP contribution in [0.3, 0.4) is 0 Å². The first kappa shape index (κ1) is 25.9. The molecule has 0 fully saturated rings. The average Bonchev–Trinajstić information content (AvgIpc) is 3.83. The maximum atomic E-state index is 6.53. The predicted molar refractivity (Wildman–Crippen MR) is 192 cm³/mol. The first-order chi connectivity index (χ1) is 23.3. The minimum Gasteiger partial charge on any atom is -0.455 e. The second kappa shape index (κ2) is 10.1. The van der Waals surface area contributed by atoms with Crippen LogP contribution in [0.4, 0.5) is 0 Å². The SMILES string of the molecule is c1ccc(-c2nc3ccccc3n2-c2cccc(-c3ccc(-c4cc5c6ccccc6oc5c5c4oc4ccccc45)cc3)c2)cc1. The molecule has 3 aromatic heterocycles. The first-order valence-electron chi connectivity index (χ1n) is 15.8. The molecule has 0 amide bonds. The summed E-state index contributed by atoms with van der Waals surface area (Å²) in [5.74, 6) is 0.927. The molecule has 4 nitrogen and oxygen atoms in total. The second-order valence-corrected chi connectivity index (χ2v) is 12.0. The predicted octanol–water partition coefficient (Wildman–Crippen LogP) is 11.8. The fraction of sp³-hybridized carbons (Fsp3) is 0. The Morgan fingerprint density at radius 1 is 0.447 bits per heavy atom. The Bertz CT molecular complexity index is 2780. The molecule has 0 saturated heterocycles. The summed E-state index contributed by atoms with van der Waals surface area (Å²) in [6, 6.07) is 54.8. The van der Waals surface area contributed by atoms with E-state index in [1.165, 1.54) is 0 Å². The molecular weight excluding hydrogens is 576 g/mol. The molecule has 10 aromatic rings. The summed E-state index contributed by atoms with van der Waals surface area (Å²) in [7, 11) is 0. The third kappa shape index (κ3) is 3.98. The van der Waals surface area contributed by atoms with Crippen molar-refractivity contribution in [3.8, 4) is 39.3 Å². The lowest BCUT2D eigenvalue weighted by Crippen LogP contribution is -1.98. The number of nitrogens with zero attached hydrogens (tertiary/aromatic N) is 2. The van der Waals surface area contributed by atoms with E-state index in [2.05, 4.69) is 126 Å². The quantitative estimate of drug-likeness (QED) is 0.201. The molecule has 0 N–H and O–H groups in total. The Labute approximate surface area is 269 Å². The van der Waals surface area contributed by atoms with Gasteiger partial charge in [0.25, 0.3) is 0 Å². The molecule has 47 heavy (non-hydrogen) atoms. The van der Waals surface area contributed by atoms with Crippen molar-refractivity contribution in [2.24, 2.45) is 0 Å². The minimum atomic E-state index is 0.841. The molecule has 0 bridgehead atoms. The van der Waals surface area contributed by atoms with E-state index in [1.807, 2.05) is 36.4 Å². The zero-order valence-electron chi connectivity index (χ0n) is 25.2. The monoisotopic (exact) mass is 602 g/mol. The van der Waals surface area contributed by atoms with Gasteiger partial charge in [0.15, 0.2) is 0 Å². The summed E-state index contributed by atoms with van der Waals surface area (Å²) in [4.78, 5) is 5.03. The Morgan fingerprint density at radius 3 is 1.96 bits per heavy atom. The zero-order valence-corrected chi connectivity index (χ0v) is 25.2. The Hall–Kier alpha value is -6.39. The van der Waals surface area contributed by atoms with Crippen molar-refractivity contribution in [2.75, 3.05) is 0 Å². The van der Waals surface area contributed by atoms with Crippen LogP contribution in [0.15, 0.2) is 167 Å². The summed E-state index contributed by atoms with van der Waals surface area (Å²) in [5, 5.41) is 4.27. The maximum Gasteiger partial charge on any atom is 0.147 e. The first-order valence-corrected chi connectivity index (χ1v) is 15.8. The normalized spacial score (nSPS) is 11.8. The van der Waals surface area contributed by atoms with E-state index in [9.17, 15) is 0 Å². The van der Waals surface area contributed by atoms with E-state index < -0.39 is 0 Å². The van der Waals surface area contributed by atoms with Crippen LogP contribution in [-0.4, -0.2) is 9.55 Å². The number of hydrogen-bond donors (Lipinski definition) is 0. The molecule has 0 unspecified atom stereocenters. The van der Waals surface area contributed by atoms with Gasteiger partial charge in [0.2, 0.25) is 0 Å². The van der Waals surface area contributed by atoms with Crippen LogP contribution in [0, 0.1) is 0 Å². The topological polar surface area (TPSA) is 44.1 Å². The van der Waals surface area contributed by atoms with E-state index in [4.69, 9.17) is 13.8 Å². The molecule has 10 rings (SSSR count). The van der Waals surface area contributed by atoms with E-state index >= 15 is 0 Å². The number of imidazole rings is 1. The summed E-state index contributed by atoms with van der Waals surface area (Å²) in [6.07, 6.45) is 0. The van der Waals surface area contributed by atoms with Gasteiger partial charge in [-0.2, -0.15) is 0 Å². The summed E-state index contributed by atoms with van der Waals surface area (Å²) >= 11 is 0. The lowest BCUT2D eigenvalue weighted by atomic mass is 9.96. The molecule has 4 heteroatoms. The highest BCUT2D eigenvalue weighted by atomic mass is 16.3. The molecule has 0 atom stereocenters. The highest BCUT2D eigenvalue weighted by Gasteiger charge is 2.21. The van der Waals surface area contributed by atoms with Gasteiger partial charge in [-0.1, -0.05) is 115 Å². The maximum absolute atomic E-state index is 6.53. The van der Waals surface area contributed by atoms with Gasteiger partial charge in [-0.15, -0.1) is 0 Å². The summed E-state index contributed by atoms with van der Waals surface area (Å²) in [5.41, 5.74) is 12.1. The number of furan rings is 2. The van der Waals surface area contributed by atoms with Gasteiger partial charge in [0.05, 0.1) is 16.4 Å². The van der Waals surface area contributed by atoms with Crippen LogP contribution in [0.2, 0.25) is 0 Å². The largest absolute Gasteiger partial charge is 0.455 e. The third-order valence-corrected chi connectivity index (χ3v) is 9.22. The van der Waals surface area contributed by atoms with E-state index in [0.29, 0.717) is 0 Å². The van der Waals surface area contributed by atoms with Crippen molar-refractivity contribution >= 4 is 54.9 Å². The van der Waals surface area contributed by atoms with Crippen LogP contribution in [0.5, 0.6) is 0 Å². The number of benzene rings is 7. The molecule has 0 aliphatic rings. The van der Waals surface area contributed by atoms with Crippen LogP contribution in [-0.2, 0) is 0 Å². The zero-order chi connectivity index (χ0) is 30.9. The molecule has 0 spiro atoms. The highest BCUT2D eigenvalue weighted by molar-refractivity contribution is 6.25. The minimum absolute atomic E-state index is 0.841. The van der Waals surface area contributed by atoms with Crippen molar-refractivity contribution < 1.29 is 8.83 Å². The van der Waals surface area contributed by atoms with E-state index in [-0.39, 0.29) is 0 Å². The smallest absolute Gasteiger partial charge is 0.147 e. The van der Waals surface area contributed by atoms with Crippen molar-refractivity contribution in [1.29, 1.82) is 0 Å². The molecule has 3 heterocycles. The van der Waals surface area contributed by atoms with Gasteiger partial charge >= 0.3 is 0 Å². The fourth-order valence-electron chi connectivity index (χ4n) is 7.01. The molecule has 7 aromatic carbocycles. The van der Waals surface area contributed by atoms with Crippen molar-refractivity contribution in [2.45, 2.75) is 0 Å². The van der Waals surface area contributed by atoms with Gasteiger partial charge in [0.1, 0.15) is 28.2 Å². The second-order valence-electron chi connectivity index (χ2n) is 12.0. The molecule has 0 saturated carbocycles. The van der Waals surface area contributed by atoms with Gasteiger partial charge in [-0.25, -0.2) is 4.98 Å². The average molecular weight is 603 g/mol. The molecular formula is C43H26N2O2. The van der Waals surface area contributed by atoms with Crippen LogP contribution < -0.4 is 0 Å². The number of fused-ring (bicyclic) bond motifs is 8. The summed E-state index contributed by atoms with van der Waals surface area (Å²) in [6.45, 7) is 0. The van der Waals surface area contributed by atoms with Crippen molar-refractivity contribution in [3.05, 3.63) is 158 Å². The Kier molecular flexibility index (Phi) is 5.54. The molecule has 220 valence electrons. The highest BCUT2D eigenvalue weighted by Crippen LogP contribution is 2.44. The molecule has 0 aliphatic heterocycles. The summed E-state index contributed by atoms with van der Waals surface area (Å²) < 4.78 is 15.2. The van der Waals surface area contributed by atoms with Crippen LogP contribution >= 0.6 is 0 Å². The number of hydrogen-bond acceptors (Lipinski definition) is 3. The third-order valence-electron chi connectivity index (χ3n) is 9.22. The van der Waals surface area contributed by atoms with E-state index in [0.717, 1.165) is 94.2 Å². The van der Waals surface area contributed by atoms with Crippen LogP contribution in [0.25, 0.3) is 94.2 Å². The van der Waals surface area contributed by atoms with Gasteiger partial charge < -0.3 is 8.83 Å². The van der Waals surface area contributed by atoms with Gasteiger partial charge in [0, 0.05) is 33.0 Å². The van der Waals surface area contributed by atoms with Crippen LogP contribution in [0.1, 0.15) is 0 Å². The Balaban J connectivity index is 1.11. The molecule has 0 radical (unpaired) electrons. The van der Waals surface area contributed by atoms with Gasteiger partial charge in [-0.3, -0.25) is 4.57 Å². The lowest BCUT2D eigenvalue weighted by molar-refractivity contribution is 0.663. The van der Waals surface area contributed by atoms with Crippen molar-refractivity contribution in [3.63, 3.8) is 0 Å². The molecule has 0 aliphatic carbocycles. The standard InChI is InChI=1S/C43H26N2O2/c1-2-11-29(12-3-1)43-44-36-17-6-7-18-37(36)45(43)31-14-10-13-30(25-31)27-21-23-28(24-22-27)34-26-35-32-15-4-8-19-38(32)46-42(35)40-33-16-5-9-20-39(33)47-41(34)40/h1-26H. The van der Waals surface area contributed by atoms with E-state index in [1.54, 1.807) is 0 Å². The number of para-hydroxylation sites is 4. The van der Waals surface area contributed by atoms with Gasteiger partial charge in [-0.05, 0) is 59.2 Å². The number of aromatic nitrogens is 2.